The number of benzene rings is 1. The molecular weight excluding hydrogens is 316 g/mol. The highest BCUT2D eigenvalue weighted by molar-refractivity contribution is 6.30. The molecule has 0 unspecified atom stereocenters. The van der Waals surface area contributed by atoms with Gasteiger partial charge < -0.3 is 14.6 Å². The van der Waals surface area contributed by atoms with Gasteiger partial charge in [-0.1, -0.05) is 23.7 Å². The normalized spacial score (nSPS) is 17.5. The quantitative estimate of drug-likeness (QED) is 0.915. The van der Waals surface area contributed by atoms with Crippen LogP contribution in [0.2, 0.25) is 5.02 Å². The molecule has 1 aromatic carbocycles. The van der Waals surface area contributed by atoms with Crippen molar-refractivity contribution in [1.82, 2.24) is 10.2 Å². The Kier molecular flexibility index (Phi) is 4.67. The van der Waals surface area contributed by atoms with E-state index in [9.17, 15) is 9.59 Å². The van der Waals surface area contributed by atoms with E-state index in [-0.39, 0.29) is 24.2 Å². The van der Waals surface area contributed by atoms with E-state index in [1.165, 1.54) is 0 Å². The van der Waals surface area contributed by atoms with Gasteiger partial charge in [-0.15, -0.1) is 0 Å². The van der Waals surface area contributed by atoms with E-state index >= 15 is 0 Å². The zero-order valence-electron chi connectivity index (χ0n) is 12.5. The van der Waals surface area contributed by atoms with E-state index in [1.54, 1.807) is 29.4 Å². The van der Waals surface area contributed by atoms with Crippen molar-refractivity contribution in [2.75, 3.05) is 6.54 Å². The fourth-order valence-electron chi connectivity index (χ4n) is 2.63. The third kappa shape index (κ3) is 3.93. The number of nitrogens with zero attached hydrogens (tertiary/aromatic N) is 1. The first-order chi connectivity index (χ1) is 11.1. The van der Waals surface area contributed by atoms with Crippen LogP contribution in [0.15, 0.2) is 47.1 Å². The molecule has 0 aliphatic carbocycles. The van der Waals surface area contributed by atoms with E-state index in [4.69, 9.17) is 16.0 Å². The molecule has 2 heterocycles. The van der Waals surface area contributed by atoms with Crippen molar-refractivity contribution in [3.05, 3.63) is 59.0 Å². The van der Waals surface area contributed by atoms with Gasteiger partial charge in [0.2, 0.25) is 11.8 Å². The maximum absolute atomic E-state index is 12.2. The minimum absolute atomic E-state index is 0.0203. The Bertz CT molecular complexity index is 682. The van der Waals surface area contributed by atoms with Crippen molar-refractivity contribution in [2.24, 2.45) is 5.92 Å². The minimum atomic E-state index is -0.315. The highest BCUT2D eigenvalue weighted by Gasteiger charge is 2.34. The van der Waals surface area contributed by atoms with Gasteiger partial charge in [-0.2, -0.15) is 0 Å². The molecule has 6 heteroatoms. The molecule has 1 fully saturated rings. The Balaban J connectivity index is 1.52. The van der Waals surface area contributed by atoms with Crippen molar-refractivity contribution >= 4 is 23.4 Å². The lowest BCUT2D eigenvalue weighted by Gasteiger charge is -2.15. The number of hydrogen-bond acceptors (Lipinski definition) is 3. The van der Waals surface area contributed by atoms with Gasteiger partial charge in [0.05, 0.1) is 18.7 Å². The minimum Gasteiger partial charge on any atom is -0.467 e. The van der Waals surface area contributed by atoms with E-state index < -0.39 is 0 Å². The first-order valence-corrected chi connectivity index (χ1v) is 7.82. The summed E-state index contributed by atoms with van der Waals surface area (Å²) >= 11 is 5.83. The molecule has 0 bridgehead atoms. The molecule has 0 spiro atoms. The SMILES string of the molecule is O=C(NCc1ccc(Cl)cc1)[C@@H]1CC(=O)N(Cc2ccco2)C1. The van der Waals surface area contributed by atoms with Gasteiger partial charge in [0, 0.05) is 24.5 Å². The van der Waals surface area contributed by atoms with Crippen molar-refractivity contribution < 1.29 is 14.0 Å². The monoisotopic (exact) mass is 332 g/mol. The van der Waals surface area contributed by atoms with Gasteiger partial charge in [0.1, 0.15) is 5.76 Å². The lowest BCUT2D eigenvalue weighted by molar-refractivity contribution is -0.129. The molecule has 3 rings (SSSR count). The van der Waals surface area contributed by atoms with Crippen molar-refractivity contribution in [2.45, 2.75) is 19.5 Å². The summed E-state index contributed by atoms with van der Waals surface area (Å²) in [6.07, 6.45) is 1.82. The summed E-state index contributed by atoms with van der Waals surface area (Å²) in [6.45, 7) is 1.26. The fourth-order valence-corrected chi connectivity index (χ4v) is 2.75. The van der Waals surface area contributed by atoms with Crippen LogP contribution in [0.4, 0.5) is 0 Å². The molecule has 1 aliphatic heterocycles. The maximum Gasteiger partial charge on any atom is 0.225 e. The number of furan rings is 1. The van der Waals surface area contributed by atoms with E-state index in [0.29, 0.717) is 24.7 Å². The summed E-state index contributed by atoms with van der Waals surface area (Å²) < 4.78 is 5.25. The van der Waals surface area contributed by atoms with Gasteiger partial charge in [-0.3, -0.25) is 9.59 Å². The summed E-state index contributed by atoms with van der Waals surface area (Å²) in [7, 11) is 0. The summed E-state index contributed by atoms with van der Waals surface area (Å²) in [5.41, 5.74) is 0.972. The Morgan fingerprint density at radius 2 is 2.09 bits per heavy atom. The first kappa shape index (κ1) is 15.6. The maximum atomic E-state index is 12.2. The largest absolute Gasteiger partial charge is 0.467 e. The predicted octanol–water partition coefficient (Wildman–Crippen LogP) is 2.60. The second-order valence-electron chi connectivity index (χ2n) is 5.60. The number of amides is 2. The third-order valence-electron chi connectivity index (χ3n) is 3.89. The molecule has 23 heavy (non-hydrogen) atoms. The molecule has 2 amide bonds. The van der Waals surface area contributed by atoms with Gasteiger partial charge in [-0.05, 0) is 29.8 Å². The van der Waals surface area contributed by atoms with Crippen LogP contribution < -0.4 is 5.32 Å². The van der Waals surface area contributed by atoms with E-state index in [1.807, 2.05) is 18.2 Å². The molecule has 1 aromatic heterocycles. The van der Waals surface area contributed by atoms with E-state index in [0.717, 1.165) is 11.3 Å². The van der Waals surface area contributed by atoms with Crippen LogP contribution in [-0.4, -0.2) is 23.3 Å². The molecule has 0 radical (unpaired) electrons. The van der Waals surface area contributed by atoms with Crippen LogP contribution in [0.3, 0.4) is 0 Å². The summed E-state index contributed by atoms with van der Waals surface area (Å²) in [6, 6.07) is 10.9. The number of likely N-dealkylation sites (tertiary alicyclic amines) is 1. The molecule has 1 atom stereocenters. The zero-order chi connectivity index (χ0) is 16.2. The van der Waals surface area contributed by atoms with Crippen LogP contribution in [0.1, 0.15) is 17.7 Å². The van der Waals surface area contributed by atoms with Crippen molar-refractivity contribution in [3.8, 4) is 0 Å². The van der Waals surface area contributed by atoms with Crippen LogP contribution >= 0.6 is 11.6 Å². The number of halogens is 1. The molecule has 1 N–H and O–H groups in total. The topological polar surface area (TPSA) is 62.6 Å². The van der Waals surface area contributed by atoms with Crippen LogP contribution in [-0.2, 0) is 22.7 Å². The van der Waals surface area contributed by atoms with Crippen molar-refractivity contribution in [3.63, 3.8) is 0 Å². The standard InChI is InChI=1S/C17H17ClN2O3/c18-14-5-3-12(4-6-14)9-19-17(22)13-8-16(21)20(10-13)11-15-2-1-7-23-15/h1-7,13H,8-11H2,(H,19,22)/t13-/m1/s1. The van der Waals surface area contributed by atoms with Gasteiger partial charge in [0.15, 0.2) is 0 Å². The molecule has 0 saturated carbocycles. The number of carbonyl (C=O) groups excluding carboxylic acids is 2. The Morgan fingerprint density at radius 3 is 2.78 bits per heavy atom. The van der Waals surface area contributed by atoms with Gasteiger partial charge in [-0.25, -0.2) is 0 Å². The summed E-state index contributed by atoms with van der Waals surface area (Å²) in [5.74, 6) is 0.286. The number of rotatable bonds is 5. The molecule has 5 nitrogen and oxygen atoms in total. The predicted molar refractivity (Wildman–Crippen MR) is 85.5 cm³/mol. The average molecular weight is 333 g/mol. The van der Waals surface area contributed by atoms with Gasteiger partial charge in [0.25, 0.3) is 0 Å². The summed E-state index contributed by atoms with van der Waals surface area (Å²) in [5, 5.41) is 3.54. The molecule has 120 valence electrons. The molecule has 1 aliphatic rings. The molecule has 2 aromatic rings. The molecular formula is C17H17ClN2O3. The highest BCUT2D eigenvalue weighted by Crippen LogP contribution is 2.20. The first-order valence-electron chi connectivity index (χ1n) is 7.44. The lowest BCUT2D eigenvalue weighted by Crippen LogP contribution is -2.32. The summed E-state index contributed by atoms with van der Waals surface area (Å²) in [4.78, 5) is 25.9. The Hall–Kier alpha value is -2.27. The zero-order valence-corrected chi connectivity index (χ0v) is 13.3. The average Bonchev–Trinajstić information content (AvgIpc) is 3.17. The van der Waals surface area contributed by atoms with Crippen molar-refractivity contribution in [1.29, 1.82) is 0 Å². The highest BCUT2D eigenvalue weighted by atomic mass is 35.5. The van der Waals surface area contributed by atoms with E-state index in [2.05, 4.69) is 5.32 Å². The number of hydrogen-bond donors (Lipinski definition) is 1. The smallest absolute Gasteiger partial charge is 0.225 e. The van der Waals surface area contributed by atoms with Crippen LogP contribution in [0.25, 0.3) is 0 Å². The second-order valence-corrected chi connectivity index (χ2v) is 6.04. The van der Waals surface area contributed by atoms with Gasteiger partial charge >= 0.3 is 0 Å². The lowest BCUT2D eigenvalue weighted by atomic mass is 10.1. The van der Waals surface area contributed by atoms with Crippen LogP contribution in [0, 0.1) is 5.92 Å². The van der Waals surface area contributed by atoms with Crippen LogP contribution in [0.5, 0.6) is 0 Å². The third-order valence-corrected chi connectivity index (χ3v) is 4.14. The number of nitrogens with one attached hydrogen (secondary N) is 1. The number of carbonyl (C=O) groups is 2. The fraction of sp³-hybridized carbons (Fsp3) is 0.294. The Labute approximate surface area is 139 Å². The second kappa shape index (κ2) is 6.87. The Morgan fingerprint density at radius 1 is 1.30 bits per heavy atom. The molecule has 1 saturated heterocycles.